The molecule has 1 amide bonds. The lowest BCUT2D eigenvalue weighted by Gasteiger charge is -2.09. The lowest BCUT2D eigenvalue weighted by atomic mass is 10.2. The molecule has 3 aromatic heterocycles. The van der Waals surface area contributed by atoms with Gasteiger partial charge in [0.25, 0.3) is 0 Å². The van der Waals surface area contributed by atoms with Crippen LogP contribution in [-0.4, -0.2) is 15.9 Å². The number of carbonyl (C=O) groups is 1. The predicted molar refractivity (Wildman–Crippen MR) is 116 cm³/mol. The number of benzene rings is 1. The van der Waals surface area contributed by atoms with E-state index >= 15 is 0 Å². The lowest BCUT2D eigenvalue weighted by Crippen LogP contribution is -2.24. The first-order chi connectivity index (χ1) is 14.3. The monoisotopic (exact) mass is 421 g/mol. The van der Waals surface area contributed by atoms with Crippen molar-refractivity contribution in [1.29, 1.82) is 0 Å². The molecule has 0 atom stereocenters. The first kappa shape index (κ1) is 19.3. The molecule has 3 heterocycles. The summed E-state index contributed by atoms with van der Waals surface area (Å²) in [6.45, 7) is 0.855. The van der Waals surface area contributed by atoms with Gasteiger partial charge < -0.3 is 10.1 Å². The van der Waals surface area contributed by atoms with Gasteiger partial charge in [-0.25, -0.2) is 4.98 Å². The third-order valence-corrected chi connectivity index (χ3v) is 5.79. The van der Waals surface area contributed by atoms with E-state index in [1.165, 1.54) is 0 Å². The smallest absolute Gasteiger partial charge is 0.226 e. The number of carbonyl (C=O) groups excluding carboxylic acids is 1. The minimum absolute atomic E-state index is 0.0491. The number of amides is 1. The van der Waals surface area contributed by atoms with Crippen LogP contribution in [-0.2, 0) is 24.4 Å². The quantitative estimate of drug-likeness (QED) is 0.448. The van der Waals surface area contributed by atoms with Crippen molar-refractivity contribution in [1.82, 2.24) is 15.3 Å². The summed E-state index contributed by atoms with van der Waals surface area (Å²) < 4.78 is 5.79. The third kappa shape index (κ3) is 5.49. The van der Waals surface area contributed by atoms with E-state index in [0.29, 0.717) is 13.2 Å². The summed E-state index contributed by atoms with van der Waals surface area (Å²) in [5.74, 6) is 0.703. The topological polar surface area (TPSA) is 64.1 Å². The zero-order valence-corrected chi connectivity index (χ0v) is 17.2. The zero-order valence-electron chi connectivity index (χ0n) is 15.6. The molecule has 1 aromatic carbocycles. The summed E-state index contributed by atoms with van der Waals surface area (Å²) in [5, 5.41) is 9.93. The van der Waals surface area contributed by atoms with E-state index in [2.05, 4.69) is 20.7 Å². The van der Waals surface area contributed by atoms with E-state index in [0.717, 1.165) is 33.3 Å². The predicted octanol–water partition coefficient (Wildman–Crippen LogP) is 4.70. The van der Waals surface area contributed by atoms with Gasteiger partial charge in [0.2, 0.25) is 5.91 Å². The van der Waals surface area contributed by atoms with Crippen LogP contribution in [0.15, 0.2) is 70.9 Å². The standard InChI is InChI=1S/C22H19N3O2S2/c26-21(11-19-15-29-22(25-19)17-7-9-28-14-17)24-12-16-4-3-6-20(10-16)27-13-18-5-1-2-8-23-18/h1-10,14-15H,11-13H2,(H,24,26). The molecular weight excluding hydrogens is 402 g/mol. The van der Waals surface area contributed by atoms with Crippen LogP contribution in [0.25, 0.3) is 10.6 Å². The number of thiophene rings is 1. The molecule has 0 radical (unpaired) electrons. The summed E-state index contributed by atoms with van der Waals surface area (Å²) in [7, 11) is 0. The molecule has 0 spiro atoms. The Morgan fingerprint density at radius 2 is 2.03 bits per heavy atom. The highest BCUT2D eigenvalue weighted by atomic mass is 32.1. The molecule has 7 heteroatoms. The van der Waals surface area contributed by atoms with Gasteiger partial charge in [0.05, 0.1) is 17.8 Å². The zero-order chi connectivity index (χ0) is 19.9. The van der Waals surface area contributed by atoms with Gasteiger partial charge in [-0.3, -0.25) is 9.78 Å². The number of nitrogens with one attached hydrogen (secondary N) is 1. The number of thiazole rings is 1. The molecule has 5 nitrogen and oxygen atoms in total. The van der Waals surface area contributed by atoms with Crippen molar-refractivity contribution >= 4 is 28.6 Å². The molecular formula is C22H19N3O2S2. The summed E-state index contributed by atoms with van der Waals surface area (Å²) in [5.41, 5.74) is 3.75. The van der Waals surface area contributed by atoms with Gasteiger partial charge in [-0.1, -0.05) is 18.2 Å². The molecule has 0 bridgehead atoms. The molecule has 4 rings (SSSR count). The van der Waals surface area contributed by atoms with Gasteiger partial charge in [-0.05, 0) is 41.3 Å². The number of aromatic nitrogens is 2. The largest absolute Gasteiger partial charge is 0.487 e. The van der Waals surface area contributed by atoms with Crippen LogP contribution in [0.5, 0.6) is 5.75 Å². The SMILES string of the molecule is O=C(Cc1csc(-c2ccsc2)n1)NCc1cccc(OCc2ccccn2)c1. The molecule has 1 N–H and O–H groups in total. The second kappa shape index (κ2) is 9.45. The second-order valence-electron chi connectivity index (χ2n) is 6.37. The Morgan fingerprint density at radius 1 is 1.07 bits per heavy atom. The Labute approximate surface area is 177 Å². The van der Waals surface area contributed by atoms with Crippen molar-refractivity contribution in [2.45, 2.75) is 19.6 Å². The fourth-order valence-electron chi connectivity index (χ4n) is 2.72. The number of ether oxygens (including phenoxy) is 1. The highest BCUT2D eigenvalue weighted by Gasteiger charge is 2.09. The van der Waals surface area contributed by atoms with Crippen molar-refractivity contribution in [2.24, 2.45) is 0 Å². The Balaban J connectivity index is 1.28. The maximum atomic E-state index is 12.3. The van der Waals surface area contributed by atoms with Crippen molar-refractivity contribution in [3.63, 3.8) is 0 Å². The number of hydrogen-bond donors (Lipinski definition) is 1. The first-order valence-electron chi connectivity index (χ1n) is 9.11. The molecule has 0 unspecified atom stereocenters. The van der Waals surface area contributed by atoms with Crippen molar-refractivity contribution in [3.8, 4) is 16.3 Å². The molecule has 0 aliphatic heterocycles. The minimum atomic E-state index is -0.0491. The van der Waals surface area contributed by atoms with Crippen LogP contribution in [0.1, 0.15) is 17.0 Å². The third-order valence-electron chi connectivity index (χ3n) is 4.16. The van der Waals surface area contributed by atoms with Gasteiger partial charge in [0.15, 0.2) is 0 Å². The maximum absolute atomic E-state index is 12.3. The molecule has 0 saturated heterocycles. The summed E-state index contributed by atoms with van der Waals surface area (Å²) in [6.07, 6.45) is 2.02. The number of rotatable bonds is 8. The van der Waals surface area contributed by atoms with E-state index < -0.39 is 0 Å². The van der Waals surface area contributed by atoms with Gasteiger partial charge >= 0.3 is 0 Å². The van der Waals surface area contributed by atoms with E-state index in [1.54, 1.807) is 28.9 Å². The van der Waals surface area contributed by atoms with Gasteiger partial charge in [-0.2, -0.15) is 11.3 Å². The fraction of sp³-hybridized carbons (Fsp3) is 0.136. The fourth-order valence-corrected chi connectivity index (χ4v) is 4.25. The highest BCUT2D eigenvalue weighted by Crippen LogP contribution is 2.25. The Kier molecular flexibility index (Phi) is 6.29. The van der Waals surface area contributed by atoms with Crippen LogP contribution >= 0.6 is 22.7 Å². The molecule has 0 fully saturated rings. The van der Waals surface area contributed by atoms with Crippen LogP contribution < -0.4 is 10.1 Å². The molecule has 0 aliphatic carbocycles. The summed E-state index contributed by atoms with van der Waals surface area (Å²) in [6, 6.07) is 15.5. The number of pyridine rings is 1. The second-order valence-corrected chi connectivity index (χ2v) is 8.00. The Hall–Kier alpha value is -3.03. The van der Waals surface area contributed by atoms with Gasteiger partial charge in [0.1, 0.15) is 17.4 Å². The van der Waals surface area contributed by atoms with E-state index in [-0.39, 0.29) is 12.3 Å². The number of nitrogens with zero attached hydrogens (tertiary/aromatic N) is 2. The average molecular weight is 422 g/mol. The summed E-state index contributed by atoms with van der Waals surface area (Å²) in [4.78, 5) is 21.1. The molecule has 29 heavy (non-hydrogen) atoms. The van der Waals surface area contributed by atoms with E-state index in [1.807, 2.05) is 59.3 Å². The molecule has 4 aromatic rings. The van der Waals surface area contributed by atoms with E-state index in [4.69, 9.17) is 4.74 Å². The average Bonchev–Trinajstić information content (AvgIpc) is 3.44. The molecule has 0 aliphatic rings. The van der Waals surface area contributed by atoms with Crippen molar-refractivity contribution in [3.05, 3.63) is 87.8 Å². The highest BCUT2D eigenvalue weighted by molar-refractivity contribution is 7.14. The Bertz CT molecular complexity index is 1060. The van der Waals surface area contributed by atoms with Crippen LogP contribution in [0.2, 0.25) is 0 Å². The minimum Gasteiger partial charge on any atom is -0.487 e. The Morgan fingerprint density at radius 3 is 2.86 bits per heavy atom. The lowest BCUT2D eigenvalue weighted by molar-refractivity contribution is -0.120. The molecule has 0 saturated carbocycles. The van der Waals surface area contributed by atoms with Gasteiger partial charge in [0, 0.05) is 29.1 Å². The van der Waals surface area contributed by atoms with Gasteiger partial charge in [-0.15, -0.1) is 11.3 Å². The van der Waals surface area contributed by atoms with Crippen molar-refractivity contribution < 1.29 is 9.53 Å². The molecule has 146 valence electrons. The van der Waals surface area contributed by atoms with Crippen molar-refractivity contribution in [2.75, 3.05) is 0 Å². The maximum Gasteiger partial charge on any atom is 0.226 e. The van der Waals surface area contributed by atoms with Crippen LogP contribution in [0.4, 0.5) is 0 Å². The normalized spacial score (nSPS) is 10.6. The van der Waals surface area contributed by atoms with Crippen LogP contribution in [0.3, 0.4) is 0 Å². The van der Waals surface area contributed by atoms with E-state index in [9.17, 15) is 4.79 Å². The first-order valence-corrected chi connectivity index (χ1v) is 10.9. The summed E-state index contributed by atoms with van der Waals surface area (Å²) >= 11 is 3.20. The number of hydrogen-bond acceptors (Lipinski definition) is 6. The van der Waals surface area contributed by atoms with Crippen LogP contribution in [0, 0.1) is 0 Å².